The van der Waals surface area contributed by atoms with Gasteiger partial charge in [-0.2, -0.15) is 13.2 Å². The largest absolute Gasteiger partial charge is 0.476 e. The van der Waals surface area contributed by atoms with Crippen LogP contribution in [0.2, 0.25) is 0 Å². The normalized spacial score (nSPS) is 11.7. The molecule has 0 saturated heterocycles. The lowest BCUT2D eigenvalue weighted by atomic mass is 10.1. The van der Waals surface area contributed by atoms with E-state index in [4.69, 9.17) is 5.11 Å². The minimum Gasteiger partial charge on any atom is -0.476 e. The molecule has 0 amide bonds. The topological polar surface area (TPSA) is 66.3 Å². The molecule has 1 aromatic heterocycles. The molecule has 0 aliphatic heterocycles. The number of hydrogen-bond donors (Lipinski definition) is 1. The number of carbonyl (C=O) groups is 1. The molecule has 26 heavy (non-hydrogen) atoms. The molecular weight excluding hydrogens is 347 g/mol. The van der Waals surface area contributed by atoms with E-state index in [-0.39, 0.29) is 11.4 Å². The summed E-state index contributed by atoms with van der Waals surface area (Å²) in [5.74, 6) is -0.365. The van der Waals surface area contributed by atoms with Gasteiger partial charge in [-0.25, -0.2) is 14.8 Å². The summed E-state index contributed by atoms with van der Waals surface area (Å²) < 4.78 is 38.3. The number of rotatable bonds is 6. The third-order valence-electron chi connectivity index (χ3n) is 3.86. The highest BCUT2D eigenvalue weighted by molar-refractivity contribution is 5.87. The number of benzene rings is 1. The van der Waals surface area contributed by atoms with Gasteiger partial charge in [-0.1, -0.05) is 26.0 Å². The van der Waals surface area contributed by atoms with Crippen LogP contribution in [0, 0.1) is 5.92 Å². The summed E-state index contributed by atoms with van der Waals surface area (Å²) in [6, 6.07) is 4.45. The Kier molecular flexibility index (Phi) is 5.84. The van der Waals surface area contributed by atoms with Crippen LogP contribution in [0.5, 0.6) is 0 Å². The summed E-state index contributed by atoms with van der Waals surface area (Å²) >= 11 is 0. The van der Waals surface area contributed by atoms with Crippen molar-refractivity contribution in [1.29, 1.82) is 0 Å². The zero-order chi connectivity index (χ0) is 19.5. The van der Waals surface area contributed by atoms with Gasteiger partial charge in [-0.05, 0) is 24.5 Å². The van der Waals surface area contributed by atoms with Crippen LogP contribution < -0.4 is 4.90 Å². The lowest BCUT2D eigenvalue weighted by Gasteiger charge is -2.22. The van der Waals surface area contributed by atoms with Gasteiger partial charge >= 0.3 is 12.1 Å². The molecule has 0 atom stereocenters. The fourth-order valence-corrected chi connectivity index (χ4v) is 2.33. The molecule has 1 N–H and O–H groups in total. The van der Waals surface area contributed by atoms with Crippen LogP contribution in [-0.4, -0.2) is 34.6 Å². The van der Waals surface area contributed by atoms with Gasteiger partial charge in [0.1, 0.15) is 5.69 Å². The third kappa shape index (κ3) is 4.71. The number of halogens is 3. The second-order valence-corrected chi connectivity index (χ2v) is 6.41. The van der Waals surface area contributed by atoms with Crippen molar-refractivity contribution in [2.24, 2.45) is 5.92 Å². The number of nitrogens with zero attached hydrogens (tertiary/aromatic N) is 3. The molecule has 0 saturated carbocycles. The van der Waals surface area contributed by atoms with E-state index in [1.807, 2.05) is 4.90 Å². The van der Waals surface area contributed by atoms with Crippen LogP contribution in [0.3, 0.4) is 0 Å². The van der Waals surface area contributed by atoms with Crippen LogP contribution >= 0.6 is 0 Å². The number of carboxylic acids is 1. The number of aromatic nitrogens is 2. The fourth-order valence-electron chi connectivity index (χ4n) is 2.33. The molecule has 2 rings (SSSR count). The van der Waals surface area contributed by atoms with Crippen molar-refractivity contribution >= 4 is 11.8 Å². The Morgan fingerprint density at radius 3 is 2.35 bits per heavy atom. The first-order chi connectivity index (χ1) is 12.1. The third-order valence-corrected chi connectivity index (χ3v) is 3.86. The van der Waals surface area contributed by atoms with Crippen molar-refractivity contribution in [3.8, 4) is 11.3 Å². The Bertz CT molecular complexity index is 774. The summed E-state index contributed by atoms with van der Waals surface area (Å²) in [7, 11) is 1.79. The van der Waals surface area contributed by atoms with Crippen molar-refractivity contribution in [3.63, 3.8) is 0 Å². The average Bonchev–Trinajstić information content (AvgIpc) is 2.58. The molecular formula is C18H20F3N3O2. The lowest BCUT2D eigenvalue weighted by molar-refractivity contribution is -0.137. The molecule has 0 unspecified atom stereocenters. The van der Waals surface area contributed by atoms with Crippen LogP contribution in [0.25, 0.3) is 11.3 Å². The number of carboxylic acid groups (broad SMARTS) is 1. The summed E-state index contributed by atoms with van der Waals surface area (Å²) in [6.45, 7) is 4.81. The van der Waals surface area contributed by atoms with Crippen molar-refractivity contribution in [1.82, 2.24) is 9.97 Å². The standard InChI is InChI=1S/C18H20F3N3O2/c1-11(2)8-9-24(3)16-15(23-14(10-22-16)17(25)26)12-4-6-13(7-5-12)18(19,20)21/h4-7,10-11H,8-9H2,1-3H3,(H,25,26). The molecule has 0 aliphatic carbocycles. The highest BCUT2D eigenvalue weighted by Crippen LogP contribution is 2.32. The monoisotopic (exact) mass is 367 g/mol. The molecule has 0 aliphatic rings. The molecule has 0 fully saturated rings. The first-order valence-corrected chi connectivity index (χ1v) is 8.08. The zero-order valence-electron chi connectivity index (χ0n) is 14.7. The molecule has 8 heteroatoms. The Labute approximate surface area is 149 Å². The van der Waals surface area contributed by atoms with Gasteiger partial charge in [0, 0.05) is 19.2 Å². The first kappa shape index (κ1) is 19.7. The molecule has 0 bridgehead atoms. The van der Waals surface area contributed by atoms with Gasteiger partial charge in [-0.3, -0.25) is 0 Å². The molecule has 2 aromatic rings. The maximum atomic E-state index is 12.8. The predicted molar refractivity (Wildman–Crippen MR) is 92.2 cm³/mol. The van der Waals surface area contributed by atoms with Crippen molar-refractivity contribution < 1.29 is 23.1 Å². The minimum absolute atomic E-state index is 0.241. The maximum absolute atomic E-state index is 12.8. The second kappa shape index (κ2) is 7.72. The second-order valence-electron chi connectivity index (χ2n) is 6.41. The molecule has 1 heterocycles. The van der Waals surface area contributed by atoms with E-state index in [0.29, 0.717) is 23.8 Å². The summed E-state index contributed by atoms with van der Waals surface area (Å²) in [5, 5.41) is 9.15. The Morgan fingerprint density at radius 2 is 1.85 bits per heavy atom. The number of alkyl halides is 3. The molecule has 5 nitrogen and oxygen atoms in total. The number of hydrogen-bond acceptors (Lipinski definition) is 4. The van der Waals surface area contributed by atoms with E-state index in [1.54, 1.807) is 7.05 Å². The van der Waals surface area contributed by atoms with E-state index < -0.39 is 17.7 Å². The molecule has 1 aromatic carbocycles. The van der Waals surface area contributed by atoms with Crippen LogP contribution in [0.1, 0.15) is 36.3 Å². The fraction of sp³-hybridized carbons (Fsp3) is 0.389. The van der Waals surface area contributed by atoms with Crippen molar-refractivity contribution in [2.75, 3.05) is 18.5 Å². The van der Waals surface area contributed by atoms with E-state index in [0.717, 1.165) is 24.8 Å². The number of anilines is 1. The van der Waals surface area contributed by atoms with Crippen molar-refractivity contribution in [2.45, 2.75) is 26.4 Å². The van der Waals surface area contributed by atoms with Gasteiger partial charge < -0.3 is 10.0 Å². The van der Waals surface area contributed by atoms with Gasteiger partial charge in [0.05, 0.1) is 11.8 Å². The Balaban J connectivity index is 2.46. The zero-order valence-corrected chi connectivity index (χ0v) is 14.7. The Morgan fingerprint density at radius 1 is 1.23 bits per heavy atom. The van der Waals surface area contributed by atoms with Crippen molar-refractivity contribution in [3.05, 3.63) is 41.7 Å². The number of aromatic carboxylic acids is 1. The first-order valence-electron chi connectivity index (χ1n) is 8.08. The SMILES string of the molecule is CC(C)CCN(C)c1ncc(C(=O)O)nc1-c1ccc(C(F)(F)F)cc1. The predicted octanol–water partition coefficient (Wildman–Crippen LogP) is 4.34. The van der Waals surface area contributed by atoms with Crippen LogP contribution in [-0.2, 0) is 6.18 Å². The quantitative estimate of drug-likeness (QED) is 0.823. The van der Waals surface area contributed by atoms with E-state index in [1.165, 1.54) is 12.1 Å². The van der Waals surface area contributed by atoms with Crippen LogP contribution in [0.15, 0.2) is 30.5 Å². The summed E-state index contributed by atoms with van der Waals surface area (Å²) in [6.07, 6.45) is -2.41. The molecule has 140 valence electrons. The lowest BCUT2D eigenvalue weighted by Crippen LogP contribution is -2.22. The Hall–Kier alpha value is -2.64. The minimum atomic E-state index is -4.44. The molecule has 0 spiro atoms. The van der Waals surface area contributed by atoms with Gasteiger partial charge in [0.15, 0.2) is 11.5 Å². The van der Waals surface area contributed by atoms with Crippen LogP contribution in [0.4, 0.5) is 19.0 Å². The smallest absolute Gasteiger partial charge is 0.416 e. The van der Waals surface area contributed by atoms with E-state index in [2.05, 4.69) is 23.8 Å². The molecule has 0 radical (unpaired) electrons. The van der Waals surface area contributed by atoms with E-state index >= 15 is 0 Å². The summed E-state index contributed by atoms with van der Waals surface area (Å²) in [4.78, 5) is 21.3. The van der Waals surface area contributed by atoms with E-state index in [9.17, 15) is 18.0 Å². The van der Waals surface area contributed by atoms with Gasteiger partial charge in [-0.15, -0.1) is 0 Å². The van der Waals surface area contributed by atoms with Gasteiger partial charge in [0.2, 0.25) is 0 Å². The average molecular weight is 367 g/mol. The highest BCUT2D eigenvalue weighted by atomic mass is 19.4. The highest BCUT2D eigenvalue weighted by Gasteiger charge is 2.30. The van der Waals surface area contributed by atoms with Gasteiger partial charge in [0.25, 0.3) is 0 Å². The summed E-state index contributed by atoms with van der Waals surface area (Å²) in [5.41, 5.74) is -0.427. The maximum Gasteiger partial charge on any atom is 0.416 e.